The molecular formula is C21H18N2O5. The maximum absolute atomic E-state index is 13.1. The van der Waals surface area contributed by atoms with Crippen molar-refractivity contribution in [2.45, 2.75) is 12.3 Å². The minimum atomic E-state index is -0.724. The van der Waals surface area contributed by atoms with Gasteiger partial charge in [0.15, 0.2) is 0 Å². The molecule has 142 valence electrons. The molecule has 3 aromatic rings. The number of fused-ring (bicyclic) bond motifs is 2. The fraction of sp³-hybridized carbons (Fsp3) is 0.190. The zero-order valence-corrected chi connectivity index (χ0v) is 15.2. The highest BCUT2D eigenvalue weighted by Gasteiger charge is 2.30. The van der Waals surface area contributed by atoms with Crippen LogP contribution >= 0.6 is 0 Å². The molecule has 2 aromatic heterocycles. The summed E-state index contributed by atoms with van der Waals surface area (Å²) in [6, 6.07) is 12.5. The molecule has 1 aromatic carbocycles. The maximum Gasteiger partial charge on any atom is 0.306 e. The molecule has 28 heavy (non-hydrogen) atoms. The molecule has 1 aliphatic rings. The Labute approximate surface area is 160 Å². The van der Waals surface area contributed by atoms with Crippen LogP contribution in [0.25, 0.3) is 11.7 Å². The highest BCUT2D eigenvalue weighted by Crippen LogP contribution is 2.36. The van der Waals surface area contributed by atoms with Gasteiger partial charge in [0, 0.05) is 17.7 Å². The third kappa shape index (κ3) is 3.11. The summed E-state index contributed by atoms with van der Waals surface area (Å²) in [7, 11) is 1.28. The van der Waals surface area contributed by atoms with Crippen molar-refractivity contribution in [3.8, 4) is 11.6 Å². The first-order chi connectivity index (χ1) is 13.6. The van der Waals surface area contributed by atoms with Gasteiger partial charge in [0.1, 0.15) is 18.0 Å². The van der Waals surface area contributed by atoms with Gasteiger partial charge in [-0.25, -0.2) is 0 Å². The van der Waals surface area contributed by atoms with Crippen LogP contribution in [-0.4, -0.2) is 34.2 Å². The van der Waals surface area contributed by atoms with Crippen LogP contribution in [0.5, 0.6) is 11.6 Å². The topological polar surface area (TPSA) is 90.1 Å². The van der Waals surface area contributed by atoms with E-state index in [-0.39, 0.29) is 18.6 Å². The van der Waals surface area contributed by atoms with E-state index in [0.717, 1.165) is 11.3 Å². The Hall–Kier alpha value is -3.61. The number of aromatic hydroxyl groups is 1. The fourth-order valence-electron chi connectivity index (χ4n) is 3.40. The molecule has 0 unspecified atom stereocenters. The van der Waals surface area contributed by atoms with Crippen molar-refractivity contribution in [1.82, 2.24) is 9.38 Å². The van der Waals surface area contributed by atoms with Crippen LogP contribution in [0.4, 0.5) is 0 Å². The summed E-state index contributed by atoms with van der Waals surface area (Å²) in [6.07, 6.45) is 3.34. The number of aromatic nitrogens is 2. The molecule has 1 N–H and O–H groups in total. The van der Waals surface area contributed by atoms with Gasteiger partial charge < -0.3 is 14.6 Å². The lowest BCUT2D eigenvalue weighted by molar-refractivity contribution is -0.140. The Morgan fingerprint density at radius 3 is 2.89 bits per heavy atom. The number of hydrogen-bond donors (Lipinski definition) is 1. The van der Waals surface area contributed by atoms with Gasteiger partial charge >= 0.3 is 5.97 Å². The summed E-state index contributed by atoms with van der Waals surface area (Å²) in [4.78, 5) is 29.3. The van der Waals surface area contributed by atoms with Gasteiger partial charge in [0.05, 0.1) is 19.1 Å². The lowest BCUT2D eigenvalue weighted by Gasteiger charge is -2.24. The summed E-state index contributed by atoms with van der Waals surface area (Å²) < 4.78 is 11.9. The highest BCUT2D eigenvalue weighted by molar-refractivity contribution is 5.73. The van der Waals surface area contributed by atoms with Crippen molar-refractivity contribution in [3.63, 3.8) is 0 Å². The number of hydrogen-bond acceptors (Lipinski definition) is 6. The second kappa shape index (κ2) is 7.19. The van der Waals surface area contributed by atoms with E-state index >= 15 is 0 Å². The largest absolute Gasteiger partial charge is 0.493 e. The van der Waals surface area contributed by atoms with E-state index in [9.17, 15) is 14.7 Å². The SMILES string of the molecule is COC(=O)C[C@@H](C1=Cc2ccccc2OC1)c1c(O)nc2ccccn2c1=O. The fourth-order valence-corrected chi connectivity index (χ4v) is 3.40. The average Bonchev–Trinajstić information content (AvgIpc) is 2.72. The summed E-state index contributed by atoms with van der Waals surface area (Å²) >= 11 is 0. The molecule has 1 atom stereocenters. The van der Waals surface area contributed by atoms with Crippen LogP contribution in [0.15, 0.2) is 59.0 Å². The van der Waals surface area contributed by atoms with Crippen molar-refractivity contribution >= 4 is 17.7 Å². The lowest BCUT2D eigenvalue weighted by Crippen LogP contribution is -2.26. The van der Waals surface area contributed by atoms with E-state index in [1.807, 2.05) is 30.3 Å². The van der Waals surface area contributed by atoms with Crippen LogP contribution in [-0.2, 0) is 9.53 Å². The minimum absolute atomic E-state index is 0.0448. The van der Waals surface area contributed by atoms with Gasteiger partial charge in [0.2, 0.25) is 5.88 Å². The number of methoxy groups -OCH3 is 1. The third-order valence-electron chi connectivity index (χ3n) is 4.80. The van der Waals surface area contributed by atoms with Crippen molar-refractivity contribution in [2.75, 3.05) is 13.7 Å². The van der Waals surface area contributed by atoms with E-state index < -0.39 is 23.3 Å². The first kappa shape index (κ1) is 17.8. The van der Waals surface area contributed by atoms with Crippen LogP contribution < -0.4 is 10.3 Å². The number of ether oxygens (including phenoxy) is 2. The summed E-state index contributed by atoms with van der Waals surface area (Å²) in [5.74, 6) is -0.898. The Bertz CT molecular complexity index is 1150. The summed E-state index contributed by atoms with van der Waals surface area (Å²) in [5.41, 5.74) is 1.46. The lowest BCUT2D eigenvalue weighted by atomic mass is 9.87. The molecule has 3 heterocycles. The molecule has 0 bridgehead atoms. The Morgan fingerprint density at radius 1 is 1.29 bits per heavy atom. The number of carbonyl (C=O) groups is 1. The van der Waals surface area contributed by atoms with Crippen LogP contribution in [0, 0.1) is 0 Å². The van der Waals surface area contributed by atoms with E-state index in [4.69, 9.17) is 9.47 Å². The van der Waals surface area contributed by atoms with E-state index in [2.05, 4.69) is 4.98 Å². The molecule has 0 spiro atoms. The molecule has 0 radical (unpaired) electrons. The Morgan fingerprint density at radius 2 is 2.07 bits per heavy atom. The Balaban J connectivity index is 1.89. The van der Waals surface area contributed by atoms with Gasteiger partial charge in [-0.3, -0.25) is 14.0 Å². The molecule has 7 nitrogen and oxygen atoms in total. The number of esters is 1. The zero-order chi connectivity index (χ0) is 19.7. The van der Waals surface area contributed by atoms with E-state index in [0.29, 0.717) is 11.2 Å². The van der Waals surface area contributed by atoms with Crippen LogP contribution in [0.3, 0.4) is 0 Å². The third-order valence-corrected chi connectivity index (χ3v) is 4.80. The van der Waals surface area contributed by atoms with Crippen LogP contribution in [0.2, 0.25) is 0 Å². The predicted octanol–water partition coefficient (Wildman–Crippen LogP) is 2.52. The molecule has 0 saturated heterocycles. The molecule has 0 aliphatic carbocycles. The first-order valence-corrected chi connectivity index (χ1v) is 8.78. The minimum Gasteiger partial charge on any atom is -0.493 e. The maximum atomic E-state index is 13.1. The zero-order valence-electron chi connectivity index (χ0n) is 15.2. The molecule has 7 heteroatoms. The predicted molar refractivity (Wildman–Crippen MR) is 102 cm³/mol. The number of pyridine rings is 1. The highest BCUT2D eigenvalue weighted by atomic mass is 16.5. The summed E-state index contributed by atoms with van der Waals surface area (Å²) in [6.45, 7) is 0.190. The van der Waals surface area contributed by atoms with Gasteiger partial charge in [-0.2, -0.15) is 4.98 Å². The van der Waals surface area contributed by atoms with Gasteiger partial charge in [-0.1, -0.05) is 24.3 Å². The number of nitrogens with zero attached hydrogens (tertiary/aromatic N) is 2. The van der Waals surface area contributed by atoms with Gasteiger partial charge in [-0.05, 0) is 29.8 Å². The first-order valence-electron chi connectivity index (χ1n) is 8.78. The van der Waals surface area contributed by atoms with Crippen molar-refractivity contribution in [1.29, 1.82) is 0 Å². The molecule has 0 fully saturated rings. The number of carbonyl (C=O) groups excluding carboxylic acids is 1. The average molecular weight is 378 g/mol. The van der Waals surface area contributed by atoms with Gasteiger partial charge in [0.25, 0.3) is 5.56 Å². The smallest absolute Gasteiger partial charge is 0.306 e. The molecule has 0 amide bonds. The second-order valence-electron chi connectivity index (χ2n) is 6.46. The second-order valence-corrected chi connectivity index (χ2v) is 6.46. The van der Waals surface area contributed by atoms with Crippen molar-refractivity contribution in [3.05, 3.63) is 75.7 Å². The number of benzene rings is 1. The van der Waals surface area contributed by atoms with Gasteiger partial charge in [-0.15, -0.1) is 0 Å². The van der Waals surface area contributed by atoms with E-state index in [1.54, 1.807) is 24.4 Å². The monoisotopic (exact) mass is 378 g/mol. The molecule has 4 rings (SSSR count). The quantitative estimate of drug-likeness (QED) is 0.702. The van der Waals surface area contributed by atoms with E-state index in [1.165, 1.54) is 11.5 Å². The summed E-state index contributed by atoms with van der Waals surface area (Å²) in [5, 5.41) is 10.5. The molecule has 0 saturated carbocycles. The van der Waals surface area contributed by atoms with Crippen molar-refractivity contribution in [2.24, 2.45) is 0 Å². The Kier molecular flexibility index (Phi) is 4.57. The normalized spacial score (nSPS) is 14.0. The van der Waals surface area contributed by atoms with Crippen molar-refractivity contribution < 1.29 is 19.4 Å². The standard InChI is InChI=1S/C21H18N2O5/c1-27-18(24)11-15(14-10-13-6-2-3-7-16(13)28-12-14)19-20(25)22-17-8-4-5-9-23(17)21(19)26/h2-10,15,25H,11-12H2,1H3/t15-/m0/s1. The van der Waals surface area contributed by atoms with Crippen LogP contribution in [0.1, 0.15) is 23.5 Å². The number of para-hydroxylation sites is 1. The molecular weight excluding hydrogens is 360 g/mol. The number of rotatable bonds is 4. The molecule has 1 aliphatic heterocycles.